The monoisotopic (exact) mass is 526 g/mol. The summed E-state index contributed by atoms with van der Waals surface area (Å²) < 4.78 is 52.5. The molecule has 3 aromatic rings. The number of benzene rings is 2. The molecule has 0 spiro atoms. The molecule has 10 heteroatoms. The van der Waals surface area contributed by atoms with Crippen LogP contribution in [0.5, 0.6) is 5.75 Å². The van der Waals surface area contributed by atoms with Gasteiger partial charge in [0, 0.05) is 48.7 Å². The van der Waals surface area contributed by atoms with Gasteiger partial charge in [-0.15, -0.1) is 0 Å². The van der Waals surface area contributed by atoms with Gasteiger partial charge in [-0.25, -0.2) is 23.1 Å². The van der Waals surface area contributed by atoms with Gasteiger partial charge in [0.05, 0.1) is 23.7 Å². The molecule has 1 N–H and O–H groups in total. The van der Waals surface area contributed by atoms with E-state index in [0.29, 0.717) is 44.2 Å². The van der Waals surface area contributed by atoms with Crippen molar-refractivity contribution in [3.8, 4) is 5.75 Å². The molecule has 0 radical (unpaired) electrons. The number of amides is 1. The zero-order valence-electron chi connectivity index (χ0n) is 21.5. The van der Waals surface area contributed by atoms with Crippen LogP contribution in [-0.2, 0) is 16.0 Å². The van der Waals surface area contributed by atoms with Crippen molar-refractivity contribution in [3.63, 3.8) is 0 Å². The van der Waals surface area contributed by atoms with E-state index in [2.05, 4.69) is 10.3 Å². The first-order valence-corrected chi connectivity index (χ1v) is 12.5. The standard InChI is InChI=1S/C28H29F3N4O3/c1-15(18-5-4-6-19(24(18)29)27(30)31)32-28-22-13-21(17-7-10-35(11-8-17)23(36)14-37-3)26-20(9-12-38-26)25(22)33-16(2)34-28/h4-7,13,15,27H,8-12,14H2,1-3H3,(H,32,33,34)/t15-/m1/s1. The van der Waals surface area contributed by atoms with Crippen LogP contribution in [-0.4, -0.2) is 54.2 Å². The van der Waals surface area contributed by atoms with Gasteiger partial charge in [0.15, 0.2) is 0 Å². The first kappa shape index (κ1) is 26.0. The average Bonchev–Trinajstić information content (AvgIpc) is 3.39. The summed E-state index contributed by atoms with van der Waals surface area (Å²) in [6.07, 6.45) is 0.450. The van der Waals surface area contributed by atoms with Gasteiger partial charge < -0.3 is 19.7 Å². The van der Waals surface area contributed by atoms with Gasteiger partial charge in [-0.1, -0.05) is 24.3 Å². The Labute approximate surface area is 218 Å². The molecule has 0 saturated heterocycles. The van der Waals surface area contributed by atoms with Crippen LogP contribution in [0, 0.1) is 12.7 Å². The van der Waals surface area contributed by atoms with E-state index in [0.717, 1.165) is 39.4 Å². The van der Waals surface area contributed by atoms with E-state index in [1.54, 1.807) is 18.7 Å². The minimum Gasteiger partial charge on any atom is -0.492 e. The average molecular weight is 527 g/mol. The molecule has 200 valence electrons. The van der Waals surface area contributed by atoms with E-state index < -0.39 is 23.8 Å². The van der Waals surface area contributed by atoms with E-state index >= 15 is 0 Å². The number of rotatable bonds is 7. The Bertz CT molecular complexity index is 1430. The lowest BCUT2D eigenvalue weighted by molar-refractivity contribution is -0.134. The zero-order valence-corrected chi connectivity index (χ0v) is 21.5. The molecule has 0 aliphatic carbocycles. The van der Waals surface area contributed by atoms with Crippen LogP contribution in [0.3, 0.4) is 0 Å². The number of alkyl halides is 2. The van der Waals surface area contributed by atoms with Crippen molar-refractivity contribution in [2.24, 2.45) is 0 Å². The van der Waals surface area contributed by atoms with Gasteiger partial charge in [0.25, 0.3) is 6.43 Å². The summed E-state index contributed by atoms with van der Waals surface area (Å²) in [7, 11) is 1.50. The van der Waals surface area contributed by atoms with Crippen molar-refractivity contribution in [2.45, 2.75) is 39.2 Å². The first-order valence-electron chi connectivity index (χ1n) is 12.5. The maximum absolute atomic E-state index is 14.9. The number of nitrogens with zero attached hydrogens (tertiary/aromatic N) is 3. The van der Waals surface area contributed by atoms with Gasteiger partial charge in [0.1, 0.15) is 29.8 Å². The van der Waals surface area contributed by atoms with Crippen molar-refractivity contribution < 1.29 is 27.4 Å². The third-order valence-electron chi connectivity index (χ3n) is 7.04. The number of carbonyl (C=O) groups excluding carboxylic acids is 1. The highest BCUT2D eigenvalue weighted by atomic mass is 19.3. The van der Waals surface area contributed by atoms with E-state index in [1.165, 1.54) is 19.2 Å². The van der Waals surface area contributed by atoms with Gasteiger partial charge in [0.2, 0.25) is 5.91 Å². The van der Waals surface area contributed by atoms with Crippen LogP contribution in [0.2, 0.25) is 0 Å². The van der Waals surface area contributed by atoms with Crippen LogP contribution < -0.4 is 10.1 Å². The Morgan fingerprint density at radius 1 is 1.24 bits per heavy atom. The molecule has 7 nitrogen and oxygen atoms in total. The summed E-state index contributed by atoms with van der Waals surface area (Å²) in [6, 6.07) is 5.36. The Hall–Kier alpha value is -3.66. The molecule has 0 fully saturated rings. The Balaban J connectivity index is 1.55. The number of fused-ring (bicyclic) bond motifs is 3. The number of methoxy groups -OCH3 is 1. The summed E-state index contributed by atoms with van der Waals surface area (Å²) in [5, 5.41) is 3.98. The van der Waals surface area contributed by atoms with E-state index in [-0.39, 0.29) is 18.1 Å². The topological polar surface area (TPSA) is 76.6 Å². The molecule has 2 aliphatic rings. The number of halogens is 3. The van der Waals surface area contributed by atoms with E-state index in [4.69, 9.17) is 14.5 Å². The molecular formula is C28H29F3N4O3. The van der Waals surface area contributed by atoms with Gasteiger partial charge in [-0.2, -0.15) is 0 Å². The predicted octanol–water partition coefficient (Wildman–Crippen LogP) is 5.39. The minimum absolute atomic E-state index is 0.0440. The first-order chi connectivity index (χ1) is 18.3. The molecule has 0 unspecified atom stereocenters. The van der Waals surface area contributed by atoms with Crippen LogP contribution in [0.25, 0.3) is 16.5 Å². The lowest BCUT2D eigenvalue weighted by Crippen LogP contribution is -2.36. The number of carbonyl (C=O) groups is 1. The number of anilines is 1. The third kappa shape index (κ3) is 4.80. The van der Waals surface area contributed by atoms with Crippen LogP contribution in [0.4, 0.5) is 19.0 Å². The second kappa shape index (κ2) is 10.6. The summed E-state index contributed by atoms with van der Waals surface area (Å²) in [6.45, 7) is 5.09. The maximum Gasteiger partial charge on any atom is 0.266 e. The Morgan fingerprint density at radius 2 is 2.03 bits per heavy atom. The van der Waals surface area contributed by atoms with Crippen molar-refractivity contribution in [1.29, 1.82) is 0 Å². The highest BCUT2D eigenvalue weighted by Crippen LogP contribution is 2.42. The number of ether oxygens (including phenoxy) is 2. The number of aryl methyl sites for hydroxylation is 1. The number of hydrogen-bond donors (Lipinski definition) is 1. The van der Waals surface area contributed by atoms with E-state index in [9.17, 15) is 18.0 Å². The summed E-state index contributed by atoms with van der Waals surface area (Å²) in [5.41, 5.74) is 3.20. The molecule has 3 heterocycles. The van der Waals surface area contributed by atoms with Gasteiger partial charge in [-0.05, 0) is 31.9 Å². The Kier molecular flexibility index (Phi) is 7.25. The third-order valence-corrected chi connectivity index (χ3v) is 7.04. The number of nitrogens with one attached hydrogen (secondary N) is 1. The molecule has 2 aliphatic heterocycles. The fourth-order valence-corrected chi connectivity index (χ4v) is 5.14. The molecule has 1 amide bonds. The SMILES string of the molecule is COCC(=O)N1CC=C(c2cc3c(N[C@H](C)c4cccc(C(F)F)c4F)nc(C)nc3c3c2OCC3)CC1. The Morgan fingerprint density at radius 3 is 2.74 bits per heavy atom. The quantitative estimate of drug-likeness (QED) is 0.445. The second-order valence-electron chi connectivity index (χ2n) is 9.52. The second-order valence-corrected chi connectivity index (χ2v) is 9.52. The molecule has 1 atom stereocenters. The predicted molar refractivity (Wildman–Crippen MR) is 138 cm³/mol. The largest absolute Gasteiger partial charge is 0.492 e. The molecule has 38 heavy (non-hydrogen) atoms. The number of hydrogen-bond acceptors (Lipinski definition) is 6. The molecule has 1 aromatic heterocycles. The highest BCUT2D eigenvalue weighted by molar-refractivity contribution is 5.97. The van der Waals surface area contributed by atoms with Crippen molar-refractivity contribution in [3.05, 3.63) is 64.2 Å². The van der Waals surface area contributed by atoms with Crippen LogP contribution >= 0.6 is 0 Å². The minimum atomic E-state index is -2.90. The maximum atomic E-state index is 14.9. The summed E-state index contributed by atoms with van der Waals surface area (Å²) in [4.78, 5) is 23.3. The lowest BCUT2D eigenvalue weighted by atomic mass is 9.93. The smallest absolute Gasteiger partial charge is 0.266 e. The summed E-state index contributed by atoms with van der Waals surface area (Å²) >= 11 is 0. The van der Waals surface area contributed by atoms with Crippen molar-refractivity contribution in [2.75, 3.05) is 38.7 Å². The zero-order chi connectivity index (χ0) is 27.0. The molecular weight excluding hydrogens is 497 g/mol. The fourth-order valence-electron chi connectivity index (χ4n) is 5.14. The van der Waals surface area contributed by atoms with Crippen molar-refractivity contribution in [1.82, 2.24) is 14.9 Å². The highest BCUT2D eigenvalue weighted by Gasteiger charge is 2.27. The summed E-state index contributed by atoms with van der Waals surface area (Å²) in [5.74, 6) is 0.821. The van der Waals surface area contributed by atoms with Crippen LogP contribution in [0.15, 0.2) is 30.3 Å². The van der Waals surface area contributed by atoms with Crippen molar-refractivity contribution >= 4 is 28.2 Å². The number of aromatic nitrogens is 2. The molecule has 0 saturated carbocycles. The van der Waals surface area contributed by atoms with Gasteiger partial charge >= 0.3 is 0 Å². The lowest BCUT2D eigenvalue weighted by Gasteiger charge is -2.27. The van der Waals surface area contributed by atoms with Gasteiger partial charge in [-0.3, -0.25) is 4.79 Å². The molecule has 2 aromatic carbocycles. The fraction of sp³-hybridized carbons (Fsp3) is 0.393. The molecule has 5 rings (SSSR count). The molecule has 0 bridgehead atoms. The van der Waals surface area contributed by atoms with Crippen LogP contribution in [0.1, 0.15) is 53.9 Å². The van der Waals surface area contributed by atoms with E-state index in [1.807, 2.05) is 12.1 Å². The normalized spacial score (nSPS) is 15.9.